The van der Waals surface area contributed by atoms with Crippen LogP contribution in [0.2, 0.25) is 0 Å². The highest BCUT2D eigenvalue weighted by atomic mass is 16.5. The van der Waals surface area contributed by atoms with Crippen LogP contribution in [-0.4, -0.2) is 17.4 Å². The third kappa shape index (κ3) is 2.62. The highest BCUT2D eigenvalue weighted by molar-refractivity contribution is 6.19. The Hall–Kier alpha value is -2.82. The van der Waals surface area contributed by atoms with Gasteiger partial charge in [0.1, 0.15) is 5.75 Å². The molecule has 0 aromatic heterocycles. The monoisotopic (exact) mass is 324 g/mol. The van der Waals surface area contributed by atoms with Gasteiger partial charge in [-0.25, -0.2) is 0 Å². The first-order valence-electron chi connectivity index (χ1n) is 7.80. The van der Waals surface area contributed by atoms with Gasteiger partial charge in [0.2, 0.25) is 0 Å². The average molecular weight is 324 g/mol. The van der Waals surface area contributed by atoms with Crippen LogP contribution in [0.5, 0.6) is 5.75 Å². The van der Waals surface area contributed by atoms with Crippen molar-refractivity contribution >= 4 is 23.2 Å². The molecular weight excluding hydrogens is 304 g/mol. The number of nitrogens with one attached hydrogen (secondary N) is 2. The van der Waals surface area contributed by atoms with E-state index in [4.69, 9.17) is 4.74 Å². The zero-order chi connectivity index (χ0) is 17.5. The molecule has 0 aliphatic carbocycles. The number of carbonyl (C=O) groups excluding carboxylic acids is 2. The second-order valence-corrected chi connectivity index (χ2v) is 6.29. The minimum absolute atomic E-state index is 0.483. The SMILES string of the molecule is Cc1ccc2c(c1)NC(=O)C(C)(C(=O)Nc1cccc(C)c1C)O2. The molecule has 0 saturated heterocycles. The first kappa shape index (κ1) is 16.1. The van der Waals surface area contributed by atoms with Crippen LogP contribution in [0.4, 0.5) is 11.4 Å². The van der Waals surface area contributed by atoms with E-state index in [9.17, 15) is 9.59 Å². The third-order valence-corrected chi connectivity index (χ3v) is 4.42. The van der Waals surface area contributed by atoms with E-state index in [1.54, 1.807) is 6.07 Å². The lowest BCUT2D eigenvalue weighted by Crippen LogP contribution is -2.56. The summed E-state index contributed by atoms with van der Waals surface area (Å²) in [6.07, 6.45) is 0. The number of anilines is 2. The molecule has 1 aliphatic rings. The minimum atomic E-state index is -1.63. The summed E-state index contributed by atoms with van der Waals surface area (Å²) in [5.74, 6) is -0.498. The minimum Gasteiger partial charge on any atom is -0.466 e. The van der Waals surface area contributed by atoms with Crippen LogP contribution in [0, 0.1) is 20.8 Å². The number of benzene rings is 2. The fraction of sp³-hybridized carbons (Fsp3) is 0.263. The molecule has 1 atom stereocenters. The van der Waals surface area contributed by atoms with E-state index in [1.807, 2.05) is 51.1 Å². The number of carbonyl (C=O) groups is 2. The van der Waals surface area contributed by atoms with Crippen molar-refractivity contribution in [3.8, 4) is 5.75 Å². The third-order valence-electron chi connectivity index (χ3n) is 4.42. The zero-order valence-corrected chi connectivity index (χ0v) is 14.2. The molecule has 2 N–H and O–H groups in total. The van der Waals surface area contributed by atoms with Gasteiger partial charge in [-0.3, -0.25) is 9.59 Å². The smallest absolute Gasteiger partial charge is 0.278 e. The Morgan fingerprint density at radius 1 is 1.17 bits per heavy atom. The van der Waals surface area contributed by atoms with Gasteiger partial charge < -0.3 is 15.4 Å². The van der Waals surface area contributed by atoms with Crippen molar-refractivity contribution in [3.05, 3.63) is 53.1 Å². The first-order valence-corrected chi connectivity index (χ1v) is 7.80. The second-order valence-electron chi connectivity index (χ2n) is 6.29. The molecule has 1 aliphatic heterocycles. The molecule has 1 heterocycles. The molecule has 24 heavy (non-hydrogen) atoms. The Morgan fingerprint density at radius 2 is 1.92 bits per heavy atom. The zero-order valence-electron chi connectivity index (χ0n) is 14.2. The summed E-state index contributed by atoms with van der Waals surface area (Å²) >= 11 is 0. The predicted octanol–water partition coefficient (Wildman–Crippen LogP) is 3.34. The molecule has 124 valence electrons. The van der Waals surface area contributed by atoms with E-state index < -0.39 is 17.4 Å². The lowest BCUT2D eigenvalue weighted by molar-refractivity contribution is -0.143. The summed E-state index contributed by atoms with van der Waals surface area (Å²) in [5.41, 5.74) is 2.65. The number of aryl methyl sites for hydroxylation is 2. The summed E-state index contributed by atoms with van der Waals surface area (Å²) in [6.45, 7) is 7.29. The molecule has 3 rings (SSSR count). The maximum Gasteiger partial charge on any atom is 0.278 e. The second kappa shape index (κ2) is 5.67. The van der Waals surface area contributed by atoms with Crippen LogP contribution in [0.3, 0.4) is 0 Å². The topological polar surface area (TPSA) is 67.4 Å². The standard InChI is InChI=1S/C19H20N2O3/c1-11-8-9-16-15(10-11)21-18(23)19(4,24-16)17(22)20-14-7-5-6-12(2)13(14)3/h5-10H,1-4H3,(H,20,22)(H,21,23). The van der Waals surface area contributed by atoms with E-state index in [2.05, 4.69) is 10.6 Å². The molecule has 2 aromatic carbocycles. The molecule has 2 aromatic rings. The summed E-state index contributed by atoms with van der Waals surface area (Å²) in [4.78, 5) is 25.2. The van der Waals surface area contributed by atoms with Crippen LogP contribution in [0.25, 0.3) is 0 Å². The number of amides is 2. The average Bonchev–Trinajstić information content (AvgIpc) is 2.53. The molecule has 5 nitrogen and oxygen atoms in total. The molecule has 0 bridgehead atoms. The normalized spacial score (nSPS) is 19.1. The van der Waals surface area contributed by atoms with Crippen LogP contribution in [0.15, 0.2) is 36.4 Å². The van der Waals surface area contributed by atoms with Gasteiger partial charge in [-0.2, -0.15) is 0 Å². The Morgan fingerprint density at radius 3 is 2.67 bits per heavy atom. The molecule has 0 spiro atoms. The van der Waals surface area contributed by atoms with Crippen LogP contribution < -0.4 is 15.4 Å². The number of fused-ring (bicyclic) bond motifs is 1. The molecule has 2 amide bonds. The molecule has 0 fully saturated rings. The Labute approximate surface area is 141 Å². The number of hydrogen-bond donors (Lipinski definition) is 2. The Balaban J connectivity index is 1.90. The van der Waals surface area contributed by atoms with Gasteiger partial charge in [0.15, 0.2) is 0 Å². The molecular formula is C19H20N2O3. The van der Waals surface area contributed by atoms with Crippen LogP contribution in [0.1, 0.15) is 23.6 Å². The quantitative estimate of drug-likeness (QED) is 0.833. The van der Waals surface area contributed by atoms with Crippen molar-refractivity contribution in [1.82, 2.24) is 0 Å². The lowest BCUT2D eigenvalue weighted by Gasteiger charge is -2.33. The lowest BCUT2D eigenvalue weighted by atomic mass is 10.00. The van der Waals surface area contributed by atoms with E-state index in [1.165, 1.54) is 6.92 Å². The fourth-order valence-corrected chi connectivity index (χ4v) is 2.62. The van der Waals surface area contributed by atoms with E-state index >= 15 is 0 Å². The van der Waals surface area contributed by atoms with Gasteiger partial charge in [0, 0.05) is 5.69 Å². The van der Waals surface area contributed by atoms with Gasteiger partial charge in [0.25, 0.3) is 17.4 Å². The van der Waals surface area contributed by atoms with Gasteiger partial charge in [-0.15, -0.1) is 0 Å². The largest absolute Gasteiger partial charge is 0.466 e. The maximum atomic E-state index is 12.7. The van der Waals surface area contributed by atoms with Crippen LogP contribution in [-0.2, 0) is 9.59 Å². The summed E-state index contributed by atoms with van der Waals surface area (Å²) in [5, 5.41) is 5.57. The number of hydrogen-bond acceptors (Lipinski definition) is 3. The predicted molar refractivity (Wildman–Crippen MR) is 93.4 cm³/mol. The van der Waals surface area contributed by atoms with E-state index in [0.29, 0.717) is 17.1 Å². The summed E-state index contributed by atoms with van der Waals surface area (Å²) in [7, 11) is 0. The first-order chi connectivity index (χ1) is 11.3. The van der Waals surface area contributed by atoms with Crippen LogP contribution >= 0.6 is 0 Å². The summed E-state index contributed by atoms with van der Waals surface area (Å²) < 4.78 is 5.77. The highest BCUT2D eigenvalue weighted by Crippen LogP contribution is 2.35. The van der Waals surface area contributed by atoms with Gasteiger partial charge >= 0.3 is 0 Å². The van der Waals surface area contributed by atoms with Crippen molar-refractivity contribution in [1.29, 1.82) is 0 Å². The van der Waals surface area contributed by atoms with Gasteiger partial charge in [-0.1, -0.05) is 18.2 Å². The number of ether oxygens (including phenoxy) is 1. The molecule has 0 saturated carbocycles. The Bertz CT molecular complexity index is 845. The van der Waals surface area contributed by atoms with Crippen molar-refractivity contribution in [2.24, 2.45) is 0 Å². The van der Waals surface area contributed by atoms with Crippen molar-refractivity contribution in [2.75, 3.05) is 10.6 Å². The highest BCUT2D eigenvalue weighted by Gasteiger charge is 2.47. The fourth-order valence-electron chi connectivity index (χ4n) is 2.62. The van der Waals surface area contributed by atoms with Crippen molar-refractivity contribution in [3.63, 3.8) is 0 Å². The van der Waals surface area contributed by atoms with Crippen molar-refractivity contribution < 1.29 is 14.3 Å². The van der Waals surface area contributed by atoms with Gasteiger partial charge in [-0.05, 0) is 62.6 Å². The Kier molecular flexibility index (Phi) is 3.79. The molecule has 0 radical (unpaired) electrons. The van der Waals surface area contributed by atoms with Crippen molar-refractivity contribution in [2.45, 2.75) is 33.3 Å². The number of rotatable bonds is 2. The maximum absolute atomic E-state index is 12.7. The van der Waals surface area contributed by atoms with E-state index in [0.717, 1.165) is 16.7 Å². The van der Waals surface area contributed by atoms with E-state index in [-0.39, 0.29) is 0 Å². The van der Waals surface area contributed by atoms with Gasteiger partial charge in [0.05, 0.1) is 5.69 Å². The molecule has 5 heteroatoms. The molecule has 1 unspecified atom stereocenters. The summed E-state index contributed by atoms with van der Waals surface area (Å²) in [6, 6.07) is 11.1.